The molecule has 0 bridgehead atoms. The van der Waals surface area contributed by atoms with Gasteiger partial charge in [-0.15, -0.1) is 0 Å². The predicted molar refractivity (Wildman–Crippen MR) is 83.6 cm³/mol. The first-order chi connectivity index (χ1) is 9.91. The van der Waals surface area contributed by atoms with Crippen LogP contribution in [0.1, 0.15) is 45.7 Å². The van der Waals surface area contributed by atoms with E-state index in [2.05, 4.69) is 40.8 Å². The second-order valence-electron chi connectivity index (χ2n) is 6.71. The molecule has 21 heavy (non-hydrogen) atoms. The summed E-state index contributed by atoms with van der Waals surface area (Å²) in [7, 11) is 0. The molecular weight excluding hydrogens is 266 g/mol. The van der Waals surface area contributed by atoms with Gasteiger partial charge in [-0.1, -0.05) is 25.9 Å². The highest BCUT2D eigenvalue weighted by Gasteiger charge is 2.27. The van der Waals surface area contributed by atoms with E-state index in [4.69, 9.17) is 10.9 Å². The maximum absolute atomic E-state index is 8.75. The number of rotatable bonds is 2. The Morgan fingerprint density at radius 2 is 2.14 bits per heavy atom. The standard InChI is InChI=1S/C15H25N5O/c1-15(2,3)11-5-4-9-20(10-7-11)14-17-8-6-12(18-14)13(16)19-21/h6,8,11,21H,4-5,7,9-10H2,1-3H3,(H2,16,19). The van der Waals surface area contributed by atoms with Crippen LogP contribution in [0.5, 0.6) is 0 Å². The van der Waals surface area contributed by atoms with Gasteiger partial charge in [0.25, 0.3) is 0 Å². The summed E-state index contributed by atoms with van der Waals surface area (Å²) < 4.78 is 0. The molecule has 1 fully saturated rings. The predicted octanol–water partition coefficient (Wildman–Crippen LogP) is 2.22. The van der Waals surface area contributed by atoms with Gasteiger partial charge in [-0.2, -0.15) is 0 Å². The van der Waals surface area contributed by atoms with Gasteiger partial charge >= 0.3 is 0 Å². The summed E-state index contributed by atoms with van der Waals surface area (Å²) in [5.74, 6) is 1.39. The fourth-order valence-electron chi connectivity index (χ4n) is 2.86. The normalized spacial score (nSPS) is 21.2. The summed E-state index contributed by atoms with van der Waals surface area (Å²) in [5.41, 5.74) is 6.39. The lowest BCUT2D eigenvalue weighted by Gasteiger charge is -2.29. The number of hydrogen-bond acceptors (Lipinski definition) is 5. The van der Waals surface area contributed by atoms with Gasteiger partial charge < -0.3 is 15.8 Å². The van der Waals surface area contributed by atoms with Crippen LogP contribution < -0.4 is 10.6 Å². The molecule has 0 aromatic carbocycles. The maximum atomic E-state index is 8.75. The topological polar surface area (TPSA) is 87.6 Å². The molecule has 6 heteroatoms. The number of nitrogens with zero attached hydrogens (tertiary/aromatic N) is 4. The molecule has 1 atom stereocenters. The molecular formula is C15H25N5O. The zero-order valence-electron chi connectivity index (χ0n) is 13.1. The number of oxime groups is 1. The smallest absolute Gasteiger partial charge is 0.225 e. The van der Waals surface area contributed by atoms with Crippen molar-refractivity contribution in [2.24, 2.45) is 22.2 Å². The molecule has 1 aromatic heterocycles. The van der Waals surface area contributed by atoms with Gasteiger partial charge in [-0.3, -0.25) is 0 Å². The van der Waals surface area contributed by atoms with E-state index < -0.39 is 0 Å². The summed E-state index contributed by atoms with van der Waals surface area (Å²) in [6.07, 6.45) is 5.17. The molecule has 0 amide bonds. The third kappa shape index (κ3) is 3.83. The average Bonchev–Trinajstić information content (AvgIpc) is 2.72. The number of nitrogens with two attached hydrogens (primary N) is 1. The highest BCUT2D eigenvalue weighted by molar-refractivity contribution is 5.95. The fourth-order valence-corrected chi connectivity index (χ4v) is 2.86. The van der Waals surface area contributed by atoms with Crippen LogP contribution in [0.25, 0.3) is 0 Å². The Bertz CT molecular complexity index is 509. The molecule has 0 radical (unpaired) electrons. The van der Waals surface area contributed by atoms with Gasteiger partial charge in [0.2, 0.25) is 5.95 Å². The third-order valence-corrected chi connectivity index (χ3v) is 4.25. The van der Waals surface area contributed by atoms with Crippen LogP contribution in [-0.2, 0) is 0 Å². The van der Waals surface area contributed by atoms with Crippen molar-refractivity contribution >= 4 is 11.8 Å². The first kappa shape index (κ1) is 15.5. The van der Waals surface area contributed by atoms with Crippen molar-refractivity contribution in [1.29, 1.82) is 0 Å². The fraction of sp³-hybridized carbons (Fsp3) is 0.667. The molecule has 1 unspecified atom stereocenters. The van der Waals surface area contributed by atoms with Crippen molar-refractivity contribution in [2.45, 2.75) is 40.0 Å². The summed E-state index contributed by atoms with van der Waals surface area (Å²) in [6.45, 7) is 8.82. The molecule has 0 saturated carbocycles. The molecule has 116 valence electrons. The molecule has 0 aliphatic carbocycles. The lowest BCUT2D eigenvalue weighted by molar-refractivity contribution is 0.220. The minimum absolute atomic E-state index is 0.0149. The molecule has 2 rings (SSSR count). The molecule has 1 aliphatic rings. The van der Waals surface area contributed by atoms with E-state index in [1.54, 1.807) is 12.3 Å². The van der Waals surface area contributed by atoms with Gasteiger partial charge in [0.15, 0.2) is 5.84 Å². The van der Waals surface area contributed by atoms with Crippen molar-refractivity contribution in [3.63, 3.8) is 0 Å². The number of amidine groups is 1. The molecule has 6 nitrogen and oxygen atoms in total. The molecule has 1 aromatic rings. The van der Waals surface area contributed by atoms with Crippen molar-refractivity contribution < 1.29 is 5.21 Å². The van der Waals surface area contributed by atoms with Crippen LogP contribution in [0, 0.1) is 11.3 Å². The van der Waals surface area contributed by atoms with Gasteiger partial charge in [-0.05, 0) is 36.7 Å². The highest BCUT2D eigenvalue weighted by atomic mass is 16.4. The molecule has 1 saturated heterocycles. The van der Waals surface area contributed by atoms with E-state index >= 15 is 0 Å². The Kier molecular flexibility index (Phi) is 4.65. The Balaban J connectivity index is 2.12. The van der Waals surface area contributed by atoms with Crippen molar-refractivity contribution in [1.82, 2.24) is 9.97 Å². The summed E-state index contributed by atoms with van der Waals surface area (Å²) in [6, 6.07) is 1.65. The first-order valence-electron chi connectivity index (χ1n) is 7.47. The third-order valence-electron chi connectivity index (χ3n) is 4.25. The number of aromatic nitrogens is 2. The second-order valence-corrected chi connectivity index (χ2v) is 6.71. The minimum Gasteiger partial charge on any atom is -0.409 e. The molecule has 0 spiro atoms. The quantitative estimate of drug-likeness (QED) is 0.377. The Hall–Kier alpha value is -1.85. The zero-order valence-corrected chi connectivity index (χ0v) is 13.1. The minimum atomic E-state index is 0.0149. The lowest BCUT2D eigenvalue weighted by atomic mass is 9.77. The van der Waals surface area contributed by atoms with Gasteiger partial charge in [0, 0.05) is 19.3 Å². The Morgan fingerprint density at radius 3 is 2.81 bits per heavy atom. The van der Waals surface area contributed by atoms with Crippen LogP contribution in [0.2, 0.25) is 0 Å². The Morgan fingerprint density at radius 1 is 1.38 bits per heavy atom. The summed E-state index contributed by atoms with van der Waals surface area (Å²) in [5, 5.41) is 11.7. The summed E-state index contributed by atoms with van der Waals surface area (Å²) in [4.78, 5) is 10.9. The van der Waals surface area contributed by atoms with E-state index in [1.165, 1.54) is 6.42 Å². The van der Waals surface area contributed by atoms with Gasteiger partial charge in [0.1, 0.15) is 5.69 Å². The van der Waals surface area contributed by atoms with Crippen LogP contribution in [0.15, 0.2) is 17.4 Å². The van der Waals surface area contributed by atoms with Crippen molar-refractivity contribution in [2.75, 3.05) is 18.0 Å². The SMILES string of the molecule is CC(C)(C)C1CCCN(c2nccc(/C(N)=N/O)n2)CC1. The summed E-state index contributed by atoms with van der Waals surface area (Å²) >= 11 is 0. The largest absolute Gasteiger partial charge is 0.409 e. The Labute approximate surface area is 126 Å². The van der Waals surface area contributed by atoms with Crippen LogP contribution in [0.3, 0.4) is 0 Å². The van der Waals surface area contributed by atoms with Gasteiger partial charge in [0.05, 0.1) is 0 Å². The maximum Gasteiger partial charge on any atom is 0.225 e. The number of anilines is 1. The van der Waals surface area contributed by atoms with Crippen LogP contribution in [-0.4, -0.2) is 34.1 Å². The molecule has 1 aliphatic heterocycles. The van der Waals surface area contributed by atoms with E-state index in [9.17, 15) is 0 Å². The first-order valence-corrected chi connectivity index (χ1v) is 7.47. The van der Waals surface area contributed by atoms with Gasteiger partial charge in [-0.25, -0.2) is 9.97 Å². The van der Waals surface area contributed by atoms with Crippen LogP contribution >= 0.6 is 0 Å². The van der Waals surface area contributed by atoms with Crippen molar-refractivity contribution in [3.8, 4) is 0 Å². The van der Waals surface area contributed by atoms with Crippen LogP contribution in [0.4, 0.5) is 5.95 Å². The second kappa shape index (κ2) is 6.28. The lowest BCUT2D eigenvalue weighted by Crippen LogP contribution is -2.28. The van der Waals surface area contributed by atoms with E-state index in [1.807, 2.05) is 0 Å². The monoisotopic (exact) mass is 291 g/mol. The molecule has 3 N–H and O–H groups in total. The van der Waals surface area contributed by atoms with E-state index in [0.29, 0.717) is 17.1 Å². The molecule has 2 heterocycles. The highest BCUT2D eigenvalue weighted by Crippen LogP contribution is 2.34. The number of hydrogen-bond donors (Lipinski definition) is 2. The average molecular weight is 291 g/mol. The van der Waals surface area contributed by atoms with Crippen molar-refractivity contribution in [3.05, 3.63) is 18.0 Å². The van der Waals surface area contributed by atoms with E-state index in [-0.39, 0.29) is 5.84 Å². The van der Waals surface area contributed by atoms with E-state index in [0.717, 1.165) is 31.8 Å². The zero-order chi connectivity index (χ0) is 15.5.